The summed E-state index contributed by atoms with van der Waals surface area (Å²) in [6.07, 6.45) is 0. The van der Waals surface area contributed by atoms with E-state index in [1.54, 1.807) is 4.90 Å². The highest BCUT2D eigenvalue weighted by molar-refractivity contribution is 5.92. The minimum atomic E-state index is -0.687. The van der Waals surface area contributed by atoms with Gasteiger partial charge in [0.2, 0.25) is 0 Å². The molecular weight excluding hydrogens is 312 g/mol. The third kappa shape index (κ3) is 3.38. The van der Waals surface area contributed by atoms with Crippen LogP contribution in [0.5, 0.6) is 0 Å². The van der Waals surface area contributed by atoms with Crippen molar-refractivity contribution in [3.8, 4) is 0 Å². The van der Waals surface area contributed by atoms with Gasteiger partial charge in [-0.1, -0.05) is 12.1 Å². The highest BCUT2D eigenvalue weighted by atomic mass is 16.3. The van der Waals surface area contributed by atoms with E-state index in [2.05, 4.69) is 9.88 Å². The predicted octanol–water partition coefficient (Wildman–Crippen LogP) is -0.482. The molecule has 0 saturated carbocycles. The number of carbonyl (C=O) groups excluding carboxylic acids is 1. The Morgan fingerprint density at radius 3 is 2.29 bits per heavy atom. The number of nitrogens with zero attached hydrogens (tertiary/aromatic N) is 2. The zero-order valence-corrected chi connectivity index (χ0v) is 13.0. The maximum absolute atomic E-state index is 12.4. The van der Waals surface area contributed by atoms with Crippen molar-refractivity contribution in [3.63, 3.8) is 0 Å². The third-order valence-corrected chi connectivity index (χ3v) is 4.04. The molecule has 1 fully saturated rings. The lowest BCUT2D eigenvalue weighted by molar-refractivity contribution is 0.0740. The SMILES string of the molecule is O=C(c1cc(=O)[nH]c(=O)[nH]1)N1CCN(c2ccc(CO)cc2)CC1. The van der Waals surface area contributed by atoms with E-state index in [0.29, 0.717) is 26.2 Å². The Morgan fingerprint density at radius 2 is 1.71 bits per heavy atom. The van der Waals surface area contributed by atoms with Gasteiger partial charge in [-0.3, -0.25) is 14.6 Å². The van der Waals surface area contributed by atoms with E-state index >= 15 is 0 Å². The molecule has 126 valence electrons. The second kappa shape index (κ2) is 6.71. The van der Waals surface area contributed by atoms with Crippen LogP contribution < -0.4 is 16.1 Å². The van der Waals surface area contributed by atoms with Gasteiger partial charge in [0.05, 0.1) is 6.61 Å². The fraction of sp³-hybridized carbons (Fsp3) is 0.312. The van der Waals surface area contributed by atoms with Crippen LogP contribution in [-0.2, 0) is 6.61 Å². The first-order valence-electron chi connectivity index (χ1n) is 7.64. The number of carbonyl (C=O) groups is 1. The molecule has 0 radical (unpaired) electrons. The normalized spacial score (nSPS) is 14.7. The summed E-state index contributed by atoms with van der Waals surface area (Å²) in [5.74, 6) is -0.353. The summed E-state index contributed by atoms with van der Waals surface area (Å²) in [6.45, 7) is 2.30. The predicted molar refractivity (Wildman–Crippen MR) is 88.2 cm³/mol. The van der Waals surface area contributed by atoms with Crippen molar-refractivity contribution in [2.45, 2.75) is 6.61 Å². The Hall–Kier alpha value is -2.87. The van der Waals surface area contributed by atoms with Gasteiger partial charge in [-0.15, -0.1) is 0 Å². The number of H-pyrrole nitrogens is 2. The van der Waals surface area contributed by atoms with Crippen LogP contribution in [0, 0.1) is 0 Å². The molecule has 1 aliphatic rings. The molecule has 24 heavy (non-hydrogen) atoms. The number of hydrogen-bond donors (Lipinski definition) is 3. The van der Waals surface area contributed by atoms with Crippen molar-refractivity contribution in [2.75, 3.05) is 31.1 Å². The Labute approximate surface area is 137 Å². The molecule has 0 aliphatic carbocycles. The first kappa shape index (κ1) is 16.0. The van der Waals surface area contributed by atoms with Crippen LogP contribution in [0.25, 0.3) is 0 Å². The van der Waals surface area contributed by atoms with Crippen molar-refractivity contribution in [1.82, 2.24) is 14.9 Å². The lowest BCUT2D eigenvalue weighted by Crippen LogP contribution is -2.49. The number of rotatable bonds is 3. The number of aliphatic hydroxyl groups excluding tert-OH is 1. The Balaban J connectivity index is 1.66. The molecule has 2 aromatic rings. The summed E-state index contributed by atoms with van der Waals surface area (Å²) in [6, 6.07) is 8.72. The number of aromatic amines is 2. The fourth-order valence-corrected chi connectivity index (χ4v) is 2.73. The summed E-state index contributed by atoms with van der Waals surface area (Å²) in [5.41, 5.74) is 0.609. The summed E-state index contributed by atoms with van der Waals surface area (Å²) >= 11 is 0. The Morgan fingerprint density at radius 1 is 1.04 bits per heavy atom. The number of piperazine rings is 1. The van der Waals surface area contributed by atoms with Crippen molar-refractivity contribution in [3.05, 3.63) is 62.4 Å². The van der Waals surface area contributed by atoms with Crippen LogP contribution in [0.4, 0.5) is 5.69 Å². The standard InChI is InChI=1S/C16H18N4O4/c21-10-11-1-3-12(4-2-11)19-5-7-20(8-6-19)15(23)13-9-14(22)18-16(24)17-13/h1-4,9,21H,5-8,10H2,(H2,17,18,22,24). The first-order valence-corrected chi connectivity index (χ1v) is 7.64. The average molecular weight is 330 g/mol. The quantitative estimate of drug-likeness (QED) is 0.704. The summed E-state index contributed by atoms with van der Waals surface area (Å²) in [7, 11) is 0. The molecule has 1 aromatic carbocycles. The molecule has 1 aliphatic heterocycles. The molecule has 0 bridgehead atoms. The minimum absolute atomic E-state index is 0.00417. The molecule has 0 spiro atoms. The average Bonchev–Trinajstić information content (AvgIpc) is 2.60. The second-order valence-corrected chi connectivity index (χ2v) is 5.61. The minimum Gasteiger partial charge on any atom is -0.392 e. The van der Waals surface area contributed by atoms with Crippen LogP contribution in [0.1, 0.15) is 16.1 Å². The van der Waals surface area contributed by atoms with E-state index in [4.69, 9.17) is 5.11 Å². The molecule has 3 N–H and O–H groups in total. The molecular formula is C16H18N4O4. The molecule has 8 nitrogen and oxygen atoms in total. The molecule has 1 amide bonds. The van der Waals surface area contributed by atoms with Gasteiger partial charge in [-0.25, -0.2) is 4.79 Å². The van der Waals surface area contributed by atoms with Gasteiger partial charge >= 0.3 is 5.69 Å². The Bertz CT molecular complexity index is 804. The number of aliphatic hydroxyl groups is 1. The van der Waals surface area contributed by atoms with Crippen molar-refractivity contribution < 1.29 is 9.90 Å². The van der Waals surface area contributed by atoms with Crippen LogP contribution in [0.2, 0.25) is 0 Å². The van der Waals surface area contributed by atoms with Crippen LogP contribution in [0.15, 0.2) is 39.9 Å². The van der Waals surface area contributed by atoms with Crippen LogP contribution >= 0.6 is 0 Å². The van der Waals surface area contributed by atoms with Crippen LogP contribution in [0.3, 0.4) is 0 Å². The smallest absolute Gasteiger partial charge is 0.326 e. The summed E-state index contributed by atoms with van der Waals surface area (Å²) in [4.78, 5) is 43.1. The van der Waals surface area contributed by atoms with Gasteiger partial charge in [-0.05, 0) is 17.7 Å². The second-order valence-electron chi connectivity index (χ2n) is 5.61. The number of benzene rings is 1. The van der Waals surface area contributed by atoms with E-state index in [1.165, 1.54) is 0 Å². The van der Waals surface area contributed by atoms with Gasteiger partial charge in [0.25, 0.3) is 11.5 Å². The fourth-order valence-electron chi connectivity index (χ4n) is 2.73. The van der Waals surface area contributed by atoms with Crippen molar-refractivity contribution in [1.29, 1.82) is 0 Å². The van der Waals surface area contributed by atoms with Gasteiger partial charge in [0, 0.05) is 37.9 Å². The number of aromatic nitrogens is 2. The van der Waals surface area contributed by atoms with Gasteiger partial charge < -0.3 is 19.9 Å². The molecule has 0 atom stereocenters. The molecule has 0 unspecified atom stereocenters. The van der Waals surface area contributed by atoms with E-state index in [0.717, 1.165) is 17.3 Å². The lowest BCUT2D eigenvalue weighted by Gasteiger charge is -2.36. The monoisotopic (exact) mass is 330 g/mol. The number of anilines is 1. The number of hydrogen-bond acceptors (Lipinski definition) is 5. The highest BCUT2D eigenvalue weighted by Crippen LogP contribution is 2.18. The van der Waals surface area contributed by atoms with Crippen LogP contribution in [-0.4, -0.2) is 52.1 Å². The molecule has 8 heteroatoms. The molecule has 1 saturated heterocycles. The maximum atomic E-state index is 12.4. The zero-order valence-electron chi connectivity index (χ0n) is 13.0. The van der Waals surface area contributed by atoms with Gasteiger partial charge in [0.15, 0.2) is 0 Å². The molecule has 2 heterocycles. The highest BCUT2D eigenvalue weighted by Gasteiger charge is 2.23. The summed E-state index contributed by atoms with van der Waals surface area (Å²) in [5, 5.41) is 9.07. The Kier molecular flexibility index (Phi) is 4.48. The van der Waals surface area contributed by atoms with Gasteiger partial charge in [0.1, 0.15) is 5.69 Å². The number of nitrogens with one attached hydrogen (secondary N) is 2. The topological polar surface area (TPSA) is 109 Å². The largest absolute Gasteiger partial charge is 0.392 e. The zero-order chi connectivity index (χ0) is 17.1. The van der Waals surface area contributed by atoms with Gasteiger partial charge in [-0.2, -0.15) is 0 Å². The molecule has 3 rings (SSSR count). The maximum Gasteiger partial charge on any atom is 0.326 e. The van der Waals surface area contributed by atoms with Crippen molar-refractivity contribution >= 4 is 11.6 Å². The summed E-state index contributed by atoms with van der Waals surface area (Å²) < 4.78 is 0. The van der Waals surface area contributed by atoms with E-state index < -0.39 is 11.2 Å². The molecule has 1 aromatic heterocycles. The van der Waals surface area contributed by atoms with E-state index in [9.17, 15) is 14.4 Å². The lowest BCUT2D eigenvalue weighted by atomic mass is 10.2. The first-order chi connectivity index (χ1) is 11.6. The van der Waals surface area contributed by atoms with E-state index in [1.807, 2.05) is 29.2 Å². The van der Waals surface area contributed by atoms with E-state index in [-0.39, 0.29) is 18.2 Å². The number of amides is 1. The third-order valence-electron chi connectivity index (χ3n) is 4.04. The van der Waals surface area contributed by atoms with Crippen molar-refractivity contribution in [2.24, 2.45) is 0 Å².